The van der Waals surface area contributed by atoms with E-state index in [0.717, 1.165) is 38.5 Å². The van der Waals surface area contributed by atoms with E-state index in [0.29, 0.717) is 19.0 Å². The van der Waals surface area contributed by atoms with E-state index in [1.807, 2.05) is 20.8 Å². The molecule has 1 saturated heterocycles. The monoisotopic (exact) mass is 408 g/mol. The third-order valence-electron chi connectivity index (χ3n) is 6.65. The number of carbonyl (C=O) groups excluding carboxylic acids is 2. The molecule has 0 spiro atoms. The van der Waals surface area contributed by atoms with Gasteiger partial charge in [-0.2, -0.15) is 0 Å². The summed E-state index contributed by atoms with van der Waals surface area (Å²) in [5.41, 5.74) is -0.495. The van der Waals surface area contributed by atoms with E-state index in [-0.39, 0.29) is 30.1 Å². The molecule has 0 amide bonds. The molecule has 0 unspecified atom stereocenters. The molecule has 3 rings (SSSR count). The first-order valence-corrected chi connectivity index (χ1v) is 11.8. The van der Waals surface area contributed by atoms with Crippen LogP contribution in [0.4, 0.5) is 0 Å². The average Bonchev–Trinajstić information content (AvgIpc) is 3.20. The molecule has 29 heavy (non-hydrogen) atoms. The molecule has 1 heterocycles. The van der Waals surface area contributed by atoms with E-state index in [2.05, 4.69) is 5.32 Å². The van der Waals surface area contributed by atoms with Crippen LogP contribution in [0.25, 0.3) is 0 Å². The Morgan fingerprint density at radius 1 is 0.897 bits per heavy atom. The van der Waals surface area contributed by atoms with Crippen LogP contribution >= 0.6 is 0 Å². The molecule has 6 nitrogen and oxygen atoms in total. The summed E-state index contributed by atoms with van der Waals surface area (Å²) < 4.78 is 5.90. The lowest BCUT2D eigenvalue weighted by molar-refractivity contribution is -0.205. The van der Waals surface area contributed by atoms with Crippen LogP contribution in [0.5, 0.6) is 0 Å². The molecule has 1 N–H and O–H groups in total. The van der Waals surface area contributed by atoms with Gasteiger partial charge in [0.15, 0.2) is 0 Å². The van der Waals surface area contributed by atoms with Crippen LogP contribution in [0.2, 0.25) is 0 Å². The largest absolute Gasteiger partial charge is 0.461 e. The van der Waals surface area contributed by atoms with Gasteiger partial charge in [0.25, 0.3) is 0 Å². The molecule has 166 valence electrons. The van der Waals surface area contributed by atoms with Crippen LogP contribution in [-0.4, -0.2) is 48.3 Å². The molecule has 2 saturated carbocycles. The fourth-order valence-corrected chi connectivity index (χ4v) is 4.73. The maximum atomic E-state index is 13.0. The standard InChI is InChI=1S/C23H40N2O4/c1-23(2,3)22(27)29-25-15-13-18(14-16-25)24-20(17-9-5-4-6-10-17)21(26)28-19-11-7-8-12-19/h17-20,24H,4-16H2,1-3H3/t20-/m0/s1. The van der Waals surface area contributed by atoms with Crippen molar-refractivity contribution in [3.05, 3.63) is 0 Å². The van der Waals surface area contributed by atoms with Crippen molar-refractivity contribution in [1.82, 2.24) is 10.4 Å². The van der Waals surface area contributed by atoms with Gasteiger partial charge in [-0.25, -0.2) is 4.79 Å². The first-order chi connectivity index (χ1) is 13.8. The maximum absolute atomic E-state index is 13.0. The molecule has 0 radical (unpaired) electrons. The summed E-state index contributed by atoms with van der Waals surface area (Å²) in [6.07, 6.45) is 12.2. The summed E-state index contributed by atoms with van der Waals surface area (Å²) in [6, 6.07) is 0.0761. The van der Waals surface area contributed by atoms with E-state index >= 15 is 0 Å². The number of carbonyl (C=O) groups is 2. The molecule has 0 aromatic heterocycles. The molecule has 1 aliphatic heterocycles. The molecule has 3 fully saturated rings. The van der Waals surface area contributed by atoms with E-state index < -0.39 is 5.41 Å². The van der Waals surface area contributed by atoms with Crippen molar-refractivity contribution in [1.29, 1.82) is 0 Å². The van der Waals surface area contributed by atoms with Crippen LogP contribution in [0.3, 0.4) is 0 Å². The van der Waals surface area contributed by atoms with Crippen LogP contribution < -0.4 is 5.32 Å². The summed E-state index contributed by atoms with van der Waals surface area (Å²) in [5, 5.41) is 5.44. The van der Waals surface area contributed by atoms with Gasteiger partial charge in [-0.15, -0.1) is 5.06 Å². The average molecular weight is 409 g/mol. The van der Waals surface area contributed by atoms with Crippen LogP contribution in [0, 0.1) is 11.3 Å². The van der Waals surface area contributed by atoms with Crippen molar-refractivity contribution in [3.63, 3.8) is 0 Å². The van der Waals surface area contributed by atoms with Gasteiger partial charge in [0.1, 0.15) is 12.1 Å². The highest BCUT2D eigenvalue weighted by Crippen LogP contribution is 2.30. The normalized spacial score (nSPS) is 24.4. The number of rotatable bonds is 6. The zero-order valence-corrected chi connectivity index (χ0v) is 18.6. The number of hydrogen-bond donors (Lipinski definition) is 1. The van der Waals surface area contributed by atoms with Gasteiger partial charge in [-0.3, -0.25) is 4.79 Å². The Kier molecular flexibility index (Phi) is 7.97. The van der Waals surface area contributed by atoms with Crippen molar-refractivity contribution in [2.24, 2.45) is 11.3 Å². The number of hydroxylamine groups is 2. The molecule has 2 aliphatic carbocycles. The third kappa shape index (κ3) is 6.68. The Labute approximate surface area is 176 Å². The van der Waals surface area contributed by atoms with Gasteiger partial charge in [0.05, 0.1) is 5.41 Å². The van der Waals surface area contributed by atoms with E-state index in [4.69, 9.17) is 9.57 Å². The predicted molar refractivity (Wildman–Crippen MR) is 112 cm³/mol. The van der Waals surface area contributed by atoms with Gasteiger partial charge in [0, 0.05) is 19.1 Å². The summed E-state index contributed by atoms with van der Waals surface area (Å²) >= 11 is 0. The highest BCUT2D eigenvalue weighted by atomic mass is 16.7. The molecule has 6 heteroatoms. The van der Waals surface area contributed by atoms with Crippen molar-refractivity contribution in [3.8, 4) is 0 Å². The zero-order valence-electron chi connectivity index (χ0n) is 18.6. The van der Waals surface area contributed by atoms with Gasteiger partial charge < -0.3 is 14.9 Å². The molecule has 0 aromatic carbocycles. The zero-order chi connectivity index (χ0) is 20.9. The Hall–Kier alpha value is -1.14. The van der Waals surface area contributed by atoms with Crippen molar-refractivity contribution in [2.75, 3.05) is 13.1 Å². The lowest BCUT2D eigenvalue weighted by atomic mass is 9.83. The fourth-order valence-electron chi connectivity index (χ4n) is 4.73. The highest BCUT2D eigenvalue weighted by Gasteiger charge is 2.36. The number of ether oxygens (including phenoxy) is 1. The van der Waals surface area contributed by atoms with Gasteiger partial charge in [0.2, 0.25) is 0 Å². The van der Waals surface area contributed by atoms with Gasteiger partial charge >= 0.3 is 11.9 Å². The quantitative estimate of drug-likeness (QED) is 0.671. The molecular formula is C23H40N2O4. The van der Waals surface area contributed by atoms with E-state index in [1.165, 1.54) is 32.1 Å². The summed E-state index contributed by atoms with van der Waals surface area (Å²) in [5.74, 6) is 0.156. The number of hydrogen-bond acceptors (Lipinski definition) is 6. The number of nitrogens with one attached hydrogen (secondary N) is 1. The van der Waals surface area contributed by atoms with Crippen LogP contribution in [0.1, 0.15) is 91.4 Å². The SMILES string of the molecule is CC(C)(C)C(=O)ON1CCC(N[C@H](C(=O)OC2CCCC2)C2CCCCC2)CC1. The second-order valence-electron chi connectivity index (χ2n) is 10.2. The van der Waals surface area contributed by atoms with Crippen molar-refractivity contribution in [2.45, 2.75) is 110 Å². The molecule has 0 bridgehead atoms. The molecule has 1 atom stereocenters. The smallest absolute Gasteiger partial charge is 0.330 e. The Morgan fingerprint density at radius 2 is 1.48 bits per heavy atom. The van der Waals surface area contributed by atoms with Crippen LogP contribution in [-0.2, 0) is 19.2 Å². The van der Waals surface area contributed by atoms with Crippen molar-refractivity contribution < 1.29 is 19.2 Å². The second-order valence-corrected chi connectivity index (χ2v) is 10.2. The number of esters is 1. The summed E-state index contributed by atoms with van der Waals surface area (Å²) in [6.45, 7) is 7.01. The molecule has 3 aliphatic rings. The Bertz CT molecular complexity index is 540. The lowest BCUT2D eigenvalue weighted by Crippen LogP contribution is -2.53. The lowest BCUT2D eigenvalue weighted by Gasteiger charge is -2.37. The highest BCUT2D eigenvalue weighted by molar-refractivity contribution is 5.76. The van der Waals surface area contributed by atoms with E-state index in [9.17, 15) is 9.59 Å². The van der Waals surface area contributed by atoms with Gasteiger partial charge in [-0.05, 0) is 78.1 Å². The second kappa shape index (κ2) is 10.3. The molecule has 0 aromatic rings. The minimum Gasteiger partial charge on any atom is -0.461 e. The topological polar surface area (TPSA) is 67.9 Å². The van der Waals surface area contributed by atoms with E-state index in [1.54, 1.807) is 5.06 Å². The summed E-state index contributed by atoms with van der Waals surface area (Å²) in [7, 11) is 0. The fraction of sp³-hybridized carbons (Fsp3) is 0.913. The van der Waals surface area contributed by atoms with Crippen molar-refractivity contribution >= 4 is 11.9 Å². The Balaban J connectivity index is 1.52. The maximum Gasteiger partial charge on any atom is 0.330 e. The minimum absolute atomic E-state index is 0.0367. The van der Waals surface area contributed by atoms with Crippen LogP contribution in [0.15, 0.2) is 0 Å². The minimum atomic E-state index is -0.495. The predicted octanol–water partition coefficient (Wildman–Crippen LogP) is 3.98. The summed E-state index contributed by atoms with van der Waals surface area (Å²) in [4.78, 5) is 30.7. The van der Waals surface area contributed by atoms with Gasteiger partial charge in [-0.1, -0.05) is 19.3 Å². The first-order valence-electron chi connectivity index (χ1n) is 11.8. The number of piperidine rings is 1. The Morgan fingerprint density at radius 3 is 2.07 bits per heavy atom. The third-order valence-corrected chi connectivity index (χ3v) is 6.65. The first kappa shape index (κ1) is 22.5. The number of nitrogens with zero attached hydrogens (tertiary/aromatic N) is 1. The molecular weight excluding hydrogens is 368 g/mol.